The number of aliphatic imine (C=N–C) groups is 1. The normalized spacial score (nSPS) is 14.7. The number of rotatable bonds is 7. The van der Waals surface area contributed by atoms with E-state index in [1.165, 1.54) is 17.7 Å². The van der Waals surface area contributed by atoms with Crippen molar-refractivity contribution in [2.75, 3.05) is 13.7 Å². The van der Waals surface area contributed by atoms with E-state index in [1.807, 2.05) is 20.8 Å². The quantitative estimate of drug-likeness (QED) is 0.389. The average Bonchev–Trinajstić information content (AvgIpc) is 2.37. The van der Waals surface area contributed by atoms with Gasteiger partial charge < -0.3 is 4.52 Å². The van der Waals surface area contributed by atoms with Crippen molar-refractivity contribution < 1.29 is 9.09 Å². The third-order valence-corrected chi connectivity index (χ3v) is 7.78. The van der Waals surface area contributed by atoms with E-state index in [-0.39, 0.29) is 5.25 Å². The van der Waals surface area contributed by atoms with Crippen LogP contribution in [0.2, 0.25) is 5.02 Å². The first-order valence-corrected chi connectivity index (χ1v) is 9.77. The molecular formula is C13H20ClN2O2PS. The Morgan fingerprint density at radius 3 is 2.55 bits per heavy atom. The van der Waals surface area contributed by atoms with Crippen molar-refractivity contribution in [3.8, 4) is 0 Å². The summed E-state index contributed by atoms with van der Waals surface area (Å²) < 4.78 is 19.7. The van der Waals surface area contributed by atoms with Crippen molar-refractivity contribution >= 4 is 41.7 Å². The lowest BCUT2D eigenvalue weighted by molar-refractivity contribution is 0.324. The second kappa shape index (κ2) is 8.08. The number of hydrogen-bond donors (Lipinski definition) is 0. The molecule has 0 aromatic heterocycles. The second-order valence-corrected chi connectivity index (χ2v) is 9.77. The zero-order valence-electron chi connectivity index (χ0n) is 12.1. The summed E-state index contributed by atoms with van der Waals surface area (Å²) in [6, 6.07) is 7.13. The Bertz CT molecular complexity index is 494. The molecule has 0 aliphatic carbocycles. The van der Waals surface area contributed by atoms with Crippen molar-refractivity contribution in [1.82, 2.24) is 4.67 Å². The minimum atomic E-state index is -2.94. The molecule has 1 unspecified atom stereocenters. The van der Waals surface area contributed by atoms with Crippen molar-refractivity contribution in [3.05, 3.63) is 29.3 Å². The molecular weight excluding hydrogens is 315 g/mol. The first-order chi connectivity index (χ1) is 9.37. The summed E-state index contributed by atoms with van der Waals surface area (Å²) >= 11 is 7.13. The van der Waals surface area contributed by atoms with Crippen molar-refractivity contribution in [2.45, 2.75) is 26.0 Å². The Labute approximate surface area is 129 Å². The molecule has 0 spiro atoms. The number of nitrogens with zero attached hydrogens (tertiary/aromatic N) is 2. The van der Waals surface area contributed by atoms with Gasteiger partial charge in [0.25, 0.3) is 0 Å². The van der Waals surface area contributed by atoms with Gasteiger partial charge in [-0.1, -0.05) is 25.4 Å². The van der Waals surface area contributed by atoms with Gasteiger partial charge in [0.15, 0.2) is 0 Å². The molecule has 0 aliphatic rings. The minimum Gasteiger partial charge on any atom is -0.306 e. The van der Waals surface area contributed by atoms with Gasteiger partial charge >= 0.3 is 6.72 Å². The highest BCUT2D eigenvalue weighted by molar-refractivity contribution is 8.56. The number of benzene rings is 1. The van der Waals surface area contributed by atoms with Crippen LogP contribution in [0.5, 0.6) is 0 Å². The molecule has 0 radical (unpaired) electrons. The molecule has 1 rings (SSSR count). The topological polar surface area (TPSA) is 41.9 Å². The summed E-state index contributed by atoms with van der Waals surface area (Å²) in [4.78, 5) is 4.28. The predicted molar refractivity (Wildman–Crippen MR) is 89.3 cm³/mol. The lowest BCUT2D eigenvalue weighted by atomic mass is 10.3. The molecule has 1 aromatic carbocycles. The average molecular weight is 335 g/mol. The standard InChI is InChI=1S/C13H20ClN2O2PS/c1-5-18-19(17,20-11(2)3)16(4)10-15-13-8-6-12(14)7-9-13/h6-11H,5H2,1-4H3. The van der Waals surface area contributed by atoms with Crippen molar-refractivity contribution in [1.29, 1.82) is 0 Å². The summed E-state index contributed by atoms with van der Waals surface area (Å²) in [6.07, 6.45) is 1.54. The van der Waals surface area contributed by atoms with Gasteiger partial charge in [0, 0.05) is 17.3 Å². The van der Waals surface area contributed by atoms with E-state index in [0.29, 0.717) is 11.6 Å². The van der Waals surface area contributed by atoms with Crippen LogP contribution in [0, 0.1) is 0 Å². The van der Waals surface area contributed by atoms with Gasteiger partial charge in [-0.2, -0.15) is 0 Å². The highest BCUT2D eigenvalue weighted by Crippen LogP contribution is 2.62. The van der Waals surface area contributed by atoms with Crippen molar-refractivity contribution in [3.63, 3.8) is 0 Å². The Kier molecular flexibility index (Phi) is 7.10. The molecule has 7 heteroatoms. The molecule has 0 heterocycles. The van der Waals surface area contributed by atoms with Gasteiger partial charge in [-0.25, -0.2) is 4.99 Å². The van der Waals surface area contributed by atoms with E-state index in [0.717, 1.165) is 5.69 Å². The van der Waals surface area contributed by atoms with Crippen LogP contribution >= 0.6 is 29.7 Å². The summed E-state index contributed by atoms with van der Waals surface area (Å²) in [7, 11) is 1.71. The summed E-state index contributed by atoms with van der Waals surface area (Å²) in [5, 5.41) is 0.867. The molecule has 0 aliphatic heterocycles. The molecule has 20 heavy (non-hydrogen) atoms. The molecule has 0 N–H and O–H groups in total. The molecule has 1 aromatic rings. The first kappa shape index (κ1) is 17.6. The summed E-state index contributed by atoms with van der Waals surface area (Å²) in [5.74, 6) is 0. The Morgan fingerprint density at radius 1 is 1.45 bits per heavy atom. The van der Waals surface area contributed by atoms with E-state index in [1.54, 1.807) is 36.0 Å². The number of hydrogen-bond acceptors (Lipinski definition) is 4. The largest absolute Gasteiger partial charge is 0.354 e. The summed E-state index contributed by atoms with van der Waals surface area (Å²) in [6.45, 7) is 3.26. The van der Waals surface area contributed by atoms with Gasteiger partial charge in [0.05, 0.1) is 18.6 Å². The lowest BCUT2D eigenvalue weighted by Gasteiger charge is -2.25. The van der Waals surface area contributed by atoms with E-state index < -0.39 is 6.72 Å². The van der Waals surface area contributed by atoms with Crippen LogP contribution in [-0.2, 0) is 9.09 Å². The van der Waals surface area contributed by atoms with E-state index in [9.17, 15) is 4.57 Å². The van der Waals surface area contributed by atoms with Crippen molar-refractivity contribution in [2.24, 2.45) is 4.99 Å². The van der Waals surface area contributed by atoms with Gasteiger partial charge in [0.1, 0.15) is 0 Å². The minimum absolute atomic E-state index is 0.207. The lowest BCUT2D eigenvalue weighted by Crippen LogP contribution is -2.14. The van der Waals surface area contributed by atoms with Crippen LogP contribution in [0.25, 0.3) is 0 Å². The molecule has 0 amide bonds. The Morgan fingerprint density at radius 2 is 2.05 bits per heavy atom. The van der Waals surface area contributed by atoms with E-state index >= 15 is 0 Å². The highest BCUT2D eigenvalue weighted by atomic mass is 35.5. The molecule has 1 atom stereocenters. The fourth-order valence-electron chi connectivity index (χ4n) is 1.37. The third kappa shape index (κ3) is 5.49. The zero-order valence-corrected chi connectivity index (χ0v) is 14.6. The van der Waals surface area contributed by atoms with Crippen LogP contribution < -0.4 is 0 Å². The van der Waals surface area contributed by atoms with Crippen LogP contribution in [0.3, 0.4) is 0 Å². The second-order valence-electron chi connectivity index (χ2n) is 4.34. The smallest absolute Gasteiger partial charge is 0.306 e. The molecule has 0 fully saturated rings. The maximum absolute atomic E-state index is 12.8. The predicted octanol–water partition coefficient (Wildman–Crippen LogP) is 5.22. The molecule has 0 saturated heterocycles. The van der Waals surface area contributed by atoms with Gasteiger partial charge in [0.2, 0.25) is 0 Å². The maximum Gasteiger partial charge on any atom is 0.354 e. The van der Waals surface area contributed by atoms with Gasteiger partial charge in [-0.05, 0) is 42.6 Å². The maximum atomic E-state index is 12.8. The zero-order chi connectivity index (χ0) is 15.2. The van der Waals surface area contributed by atoms with Crippen LogP contribution in [0.4, 0.5) is 5.69 Å². The molecule has 0 saturated carbocycles. The fraction of sp³-hybridized carbons (Fsp3) is 0.462. The number of halogens is 1. The third-order valence-electron chi connectivity index (χ3n) is 2.22. The first-order valence-electron chi connectivity index (χ1n) is 6.33. The van der Waals surface area contributed by atoms with Crippen LogP contribution in [-0.4, -0.2) is 29.9 Å². The monoisotopic (exact) mass is 334 g/mol. The van der Waals surface area contributed by atoms with Crippen LogP contribution in [0.15, 0.2) is 29.3 Å². The fourth-order valence-corrected chi connectivity index (χ4v) is 5.59. The molecule has 0 bridgehead atoms. The molecule has 4 nitrogen and oxygen atoms in total. The summed E-state index contributed by atoms with van der Waals surface area (Å²) in [5.41, 5.74) is 0.749. The Hall–Kier alpha value is -0.480. The van der Waals surface area contributed by atoms with Gasteiger partial charge in [-0.3, -0.25) is 9.24 Å². The highest BCUT2D eigenvalue weighted by Gasteiger charge is 2.29. The Balaban J connectivity index is 2.82. The van der Waals surface area contributed by atoms with E-state index in [4.69, 9.17) is 16.1 Å². The molecule has 112 valence electrons. The SMILES string of the molecule is CCOP(=O)(SC(C)C)N(C)C=Nc1ccc(Cl)cc1. The van der Waals surface area contributed by atoms with Gasteiger partial charge in [-0.15, -0.1) is 0 Å². The van der Waals surface area contributed by atoms with E-state index in [2.05, 4.69) is 4.99 Å². The van der Waals surface area contributed by atoms with Crippen LogP contribution in [0.1, 0.15) is 20.8 Å².